The van der Waals surface area contributed by atoms with Gasteiger partial charge in [-0.1, -0.05) is 29.8 Å². The maximum Gasteiger partial charge on any atom is 0.180 e. The van der Waals surface area contributed by atoms with Crippen LogP contribution in [0.4, 0.5) is 5.82 Å². The molecule has 4 heterocycles. The SMILES string of the molecule is CN1CCN(c2nccn3c(-c4cccc(CCc5ccc(Cl)cc5)n4)cnc23)CC1. The van der Waals surface area contributed by atoms with Crippen molar-refractivity contribution in [1.82, 2.24) is 24.3 Å². The van der Waals surface area contributed by atoms with Crippen LogP contribution in [0.3, 0.4) is 0 Å². The number of fused-ring (bicyclic) bond motifs is 1. The summed E-state index contributed by atoms with van der Waals surface area (Å²) in [4.78, 5) is 18.9. The molecule has 0 saturated carbocycles. The quantitative estimate of drug-likeness (QED) is 0.477. The van der Waals surface area contributed by atoms with Crippen LogP contribution in [-0.2, 0) is 12.8 Å². The number of pyridine rings is 1. The molecule has 0 amide bonds. The minimum atomic E-state index is 0.766. The number of aromatic nitrogens is 4. The molecule has 0 unspecified atom stereocenters. The Hall–Kier alpha value is -2.96. The summed E-state index contributed by atoms with van der Waals surface area (Å²) in [5.41, 5.74) is 5.12. The molecule has 1 fully saturated rings. The number of rotatable bonds is 5. The van der Waals surface area contributed by atoms with Crippen LogP contribution in [0.2, 0.25) is 5.02 Å². The molecule has 0 atom stereocenters. The van der Waals surface area contributed by atoms with Gasteiger partial charge in [0.1, 0.15) is 0 Å². The Morgan fingerprint density at radius 1 is 0.935 bits per heavy atom. The topological polar surface area (TPSA) is 49.6 Å². The molecule has 0 radical (unpaired) electrons. The number of benzene rings is 1. The minimum Gasteiger partial charge on any atom is -0.351 e. The zero-order valence-electron chi connectivity index (χ0n) is 17.6. The van der Waals surface area contributed by atoms with E-state index in [9.17, 15) is 0 Å². The van der Waals surface area contributed by atoms with Crippen molar-refractivity contribution in [2.24, 2.45) is 0 Å². The van der Waals surface area contributed by atoms with E-state index < -0.39 is 0 Å². The van der Waals surface area contributed by atoms with Gasteiger partial charge in [0.25, 0.3) is 0 Å². The van der Waals surface area contributed by atoms with Crippen molar-refractivity contribution < 1.29 is 0 Å². The van der Waals surface area contributed by atoms with E-state index in [1.165, 1.54) is 5.56 Å². The van der Waals surface area contributed by atoms with Gasteiger partial charge in [-0.3, -0.25) is 9.38 Å². The lowest BCUT2D eigenvalue weighted by molar-refractivity contribution is 0.312. The van der Waals surface area contributed by atoms with Crippen molar-refractivity contribution in [2.45, 2.75) is 12.8 Å². The van der Waals surface area contributed by atoms with Crippen molar-refractivity contribution in [3.05, 3.63) is 77.3 Å². The molecular weight excluding hydrogens is 408 g/mol. The molecule has 4 aromatic rings. The van der Waals surface area contributed by atoms with Crippen LogP contribution in [0.15, 0.2) is 61.1 Å². The zero-order valence-corrected chi connectivity index (χ0v) is 18.3. The summed E-state index contributed by atoms with van der Waals surface area (Å²) >= 11 is 5.99. The normalized spacial score (nSPS) is 15.0. The number of likely N-dealkylation sites (N-methyl/N-ethyl adjacent to an activating group) is 1. The maximum atomic E-state index is 5.99. The maximum absolute atomic E-state index is 5.99. The fraction of sp³-hybridized carbons (Fsp3) is 0.292. The molecule has 0 spiro atoms. The molecule has 0 N–H and O–H groups in total. The Balaban J connectivity index is 1.40. The van der Waals surface area contributed by atoms with Crippen LogP contribution in [0.25, 0.3) is 17.0 Å². The average Bonchev–Trinajstić information content (AvgIpc) is 3.24. The molecule has 0 aliphatic carbocycles. The van der Waals surface area contributed by atoms with E-state index in [1.54, 1.807) is 0 Å². The first-order valence-corrected chi connectivity index (χ1v) is 11.0. The third-order valence-electron chi connectivity index (χ3n) is 5.86. The van der Waals surface area contributed by atoms with Crippen molar-refractivity contribution in [3.63, 3.8) is 0 Å². The number of anilines is 1. The minimum absolute atomic E-state index is 0.766. The highest BCUT2D eigenvalue weighted by atomic mass is 35.5. The second-order valence-electron chi connectivity index (χ2n) is 8.02. The molecule has 0 bridgehead atoms. The lowest BCUT2D eigenvalue weighted by atomic mass is 10.1. The van der Waals surface area contributed by atoms with Crippen molar-refractivity contribution in [2.75, 3.05) is 38.1 Å². The van der Waals surface area contributed by atoms with Gasteiger partial charge in [0, 0.05) is 49.3 Å². The van der Waals surface area contributed by atoms with Gasteiger partial charge in [-0.2, -0.15) is 0 Å². The monoisotopic (exact) mass is 432 g/mol. The smallest absolute Gasteiger partial charge is 0.180 e. The highest BCUT2D eigenvalue weighted by molar-refractivity contribution is 6.30. The molecule has 3 aromatic heterocycles. The summed E-state index contributed by atoms with van der Waals surface area (Å²) in [6.45, 7) is 3.99. The summed E-state index contributed by atoms with van der Waals surface area (Å²) in [5, 5.41) is 0.766. The fourth-order valence-electron chi connectivity index (χ4n) is 4.02. The largest absolute Gasteiger partial charge is 0.351 e. The molecule has 5 rings (SSSR count). The van der Waals surface area contributed by atoms with Crippen LogP contribution in [0.1, 0.15) is 11.3 Å². The second kappa shape index (κ2) is 8.65. The molecule has 1 aromatic carbocycles. The summed E-state index contributed by atoms with van der Waals surface area (Å²) in [5.74, 6) is 0.945. The van der Waals surface area contributed by atoms with E-state index in [0.717, 1.165) is 72.6 Å². The number of imidazole rings is 1. The van der Waals surface area contributed by atoms with Crippen LogP contribution < -0.4 is 4.90 Å². The van der Waals surface area contributed by atoms with Crippen LogP contribution in [0, 0.1) is 0 Å². The number of aryl methyl sites for hydroxylation is 2. The highest BCUT2D eigenvalue weighted by Crippen LogP contribution is 2.25. The van der Waals surface area contributed by atoms with Gasteiger partial charge < -0.3 is 9.80 Å². The number of hydrogen-bond donors (Lipinski definition) is 0. The number of nitrogens with zero attached hydrogens (tertiary/aromatic N) is 6. The number of halogens is 1. The third-order valence-corrected chi connectivity index (χ3v) is 6.12. The van der Waals surface area contributed by atoms with Gasteiger partial charge >= 0.3 is 0 Å². The van der Waals surface area contributed by atoms with Gasteiger partial charge in [0.15, 0.2) is 11.5 Å². The van der Waals surface area contributed by atoms with Crippen LogP contribution in [0.5, 0.6) is 0 Å². The van der Waals surface area contributed by atoms with Crippen molar-refractivity contribution >= 4 is 23.1 Å². The summed E-state index contributed by atoms with van der Waals surface area (Å²) in [7, 11) is 2.16. The first-order chi connectivity index (χ1) is 15.2. The molecule has 158 valence electrons. The summed E-state index contributed by atoms with van der Waals surface area (Å²) in [6, 6.07) is 14.2. The lowest BCUT2D eigenvalue weighted by Crippen LogP contribution is -2.45. The van der Waals surface area contributed by atoms with Gasteiger partial charge in [-0.25, -0.2) is 9.97 Å². The summed E-state index contributed by atoms with van der Waals surface area (Å²) in [6.07, 6.45) is 7.54. The Morgan fingerprint density at radius 2 is 1.74 bits per heavy atom. The fourth-order valence-corrected chi connectivity index (χ4v) is 4.15. The van der Waals surface area contributed by atoms with E-state index in [1.807, 2.05) is 36.8 Å². The average molecular weight is 433 g/mol. The van der Waals surface area contributed by atoms with Crippen molar-refractivity contribution in [3.8, 4) is 11.4 Å². The van der Waals surface area contributed by atoms with E-state index >= 15 is 0 Å². The van der Waals surface area contributed by atoms with E-state index in [-0.39, 0.29) is 0 Å². The third kappa shape index (κ3) is 4.27. The molecule has 1 aliphatic heterocycles. The van der Waals surface area contributed by atoms with Gasteiger partial charge in [-0.05, 0) is 49.7 Å². The molecular formula is C24H25ClN6. The number of hydrogen-bond acceptors (Lipinski definition) is 5. The zero-order chi connectivity index (χ0) is 21.2. The summed E-state index contributed by atoms with van der Waals surface area (Å²) < 4.78 is 2.10. The first kappa shape index (κ1) is 20.0. The molecule has 7 heteroatoms. The predicted octanol–water partition coefficient (Wildman–Crippen LogP) is 3.98. The van der Waals surface area contributed by atoms with Crippen LogP contribution >= 0.6 is 11.6 Å². The standard InChI is InChI=1S/C24H25ClN6/c1-29-13-15-30(16-14-29)23-24-27-17-22(31(24)12-11-26-23)21-4-2-3-20(28-21)10-7-18-5-8-19(25)9-6-18/h2-6,8-9,11-12,17H,7,10,13-16H2,1H3. The van der Waals surface area contributed by atoms with Gasteiger partial charge in [0.05, 0.1) is 17.6 Å². The predicted molar refractivity (Wildman–Crippen MR) is 125 cm³/mol. The lowest BCUT2D eigenvalue weighted by Gasteiger charge is -2.33. The van der Waals surface area contributed by atoms with Crippen LogP contribution in [-0.4, -0.2) is 57.5 Å². The van der Waals surface area contributed by atoms with E-state index in [2.05, 4.69) is 50.5 Å². The Morgan fingerprint density at radius 3 is 2.55 bits per heavy atom. The Kier molecular flexibility index (Phi) is 5.57. The van der Waals surface area contributed by atoms with Gasteiger partial charge in [-0.15, -0.1) is 0 Å². The molecule has 1 aliphatic rings. The molecule has 1 saturated heterocycles. The van der Waals surface area contributed by atoms with Crippen molar-refractivity contribution in [1.29, 1.82) is 0 Å². The first-order valence-electron chi connectivity index (χ1n) is 10.6. The van der Waals surface area contributed by atoms with E-state index in [0.29, 0.717) is 0 Å². The highest BCUT2D eigenvalue weighted by Gasteiger charge is 2.20. The molecule has 31 heavy (non-hydrogen) atoms. The molecule has 6 nitrogen and oxygen atoms in total. The Bertz CT molecular complexity index is 1180. The second-order valence-corrected chi connectivity index (χ2v) is 8.46. The van der Waals surface area contributed by atoms with E-state index in [4.69, 9.17) is 21.6 Å². The number of piperazine rings is 1. The van der Waals surface area contributed by atoms with Gasteiger partial charge in [0.2, 0.25) is 0 Å². The Labute approximate surface area is 187 Å².